The Labute approximate surface area is 164 Å². The molecular formula is C22H24FN3O2. The lowest BCUT2D eigenvalue weighted by atomic mass is 9.97. The first-order chi connectivity index (χ1) is 13.6. The third kappa shape index (κ3) is 3.91. The molecule has 1 aromatic heterocycles. The predicted molar refractivity (Wildman–Crippen MR) is 103 cm³/mol. The van der Waals surface area contributed by atoms with Gasteiger partial charge in [0.25, 0.3) is 5.91 Å². The highest BCUT2D eigenvalue weighted by Crippen LogP contribution is 2.33. The summed E-state index contributed by atoms with van der Waals surface area (Å²) in [4.78, 5) is 31.5. The quantitative estimate of drug-likeness (QED) is 0.889. The number of carbonyl (C=O) groups is 2. The Bertz CT molecular complexity index is 858. The summed E-state index contributed by atoms with van der Waals surface area (Å²) in [5.41, 5.74) is 1.40. The highest BCUT2D eigenvalue weighted by Gasteiger charge is 2.44. The second kappa shape index (κ2) is 8.09. The van der Waals surface area contributed by atoms with Crippen LogP contribution in [0.3, 0.4) is 0 Å². The molecule has 0 spiro atoms. The van der Waals surface area contributed by atoms with Gasteiger partial charge >= 0.3 is 0 Å². The molecule has 2 amide bonds. The first-order valence-corrected chi connectivity index (χ1v) is 9.88. The number of carbonyl (C=O) groups excluding carboxylic acids is 2. The smallest absolute Gasteiger partial charge is 0.256 e. The molecule has 3 heterocycles. The summed E-state index contributed by atoms with van der Waals surface area (Å²) in [5.74, 6) is -0.299. The van der Waals surface area contributed by atoms with Crippen LogP contribution in [0.2, 0.25) is 0 Å². The van der Waals surface area contributed by atoms with Crippen LogP contribution in [0.1, 0.15) is 48.0 Å². The maximum Gasteiger partial charge on any atom is 0.256 e. The van der Waals surface area contributed by atoms with Gasteiger partial charge in [-0.15, -0.1) is 0 Å². The van der Waals surface area contributed by atoms with Gasteiger partial charge in [0.2, 0.25) is 5.91 Å². The first-order valence-electron chi connectivity index (χ1n) is 9.88. The zero-order chi connectivity index (χ0) is 19.5. The third-order valence-corrected chi connectivity index (χ3v) is 5.74. The molecule has 3 atom stereocenters. The Kier molecular flexibility index (Phi) is 5.37. The van der Waals surface area contributed by atoms with Crippen molar-refractivity contribution in [1.82, 2.24) is 15.2 Å². The number of hydrogen-bond acceptors (Lipinski definition) is 3. The second-order valence-electron chi connectivity index (χ2n) is 7.66. The summed E-state index contributed by atoms with van der Waals surface area (Å²) in [5, 5.41) is 3.12. The van der Waals surface area contributed by atoms with E-state index >= 15 is 0 Å². The number of hydrogen-bond donors (Lipinski definition) is 1. The van der Waals surface area contributed by atoms with Crippen molar-refractivity contribution < 1.29 is 14.0 Å². The van der Waals surface area contributed by atoms with Gasteiger partial charge in [-0.3, -0.25) is 14.6 Å². The van der Waals surface area contributed by atoms with Crippen molar-refractivity contribution in [3.05, 3.63) is 65.7 Å². The molecule has 28 heavy (non-hydrogen) atoms. The number of halogens is 1. The molecule has 0 aliphatic carbocycles. The Morgan fingerprint density at radius 2 is 2.14 bits per heavy atom. The molecule has 6 heteroatoms. The van der Waals surface area contributed by atoms with Crippen molar-refractivity contribution in [2.45, 2.75) is 56.7 Å². The molecule has 2 fully saturated rings. The van der Waals surface area contributed by atoms with Crippen LogP contribution in [-0.2, 0) is 11.2 Å². The number of rotatable bonds is 3. The van der Waals surface area contributed by atoms with E-state index in [4.69, 9.17) is 0 Å². The van der Waals surface area contributed by atoms with E-state index in [1.165, 1.54) is 12.1 Å². The van der Waals surface area contributed by atoms with Crippen molar-refractivity contribution in [3.63, 3.8) is 0 Å². The Balaban J connectivity index is 1.65. The van der Waals surface area contributed by atoms with Gasteiger partial charge in [0.1, 0.15) is 5.82 Å². The number of nitrogens with one attached hydrogen (secondary N) is 1. The van der Waals surface area contributed by atoms with E-state index in [0.29, 0.717) is 24.8 Å². The minimum absolute atomic E-state index is 0.0458. The average molecular weight is 381 g/mol. The number of aromatic nitrogens is 1. The molecule has 0 bridgehead atoms. The van der Waals surface area contributed by atoms with E-state index in [-0.39, 0.29) is 35.8 Å². The lowest BCUT2D eigenvalue weighted by Crippen LogP contribution is -2.49. The van der Waals surface area contributed by atoms with Gasteiger partial charge in [-0.05, 0) is 55.5 Å². The number of fused-ring (bicyclic) bond motifs is 1. The van der Waals surface area contributed by atoms with Crippen molar-refractivity contribution >= 4 is 11.8 Å². The lowest BCUT2D eigenvalue weighted by molar-refractivity contribution is -0.122. The van der Waals surface area contributed by atoms with Crippen molar-refractivity contribution in [1.29, 1.82) is 0 Å². The summed E-state index contributed by atoms with van der Waals surface area (Å²) < 4.78 is 13.7. The summed E-state index contributed by atoms with van der Waals surface area (Å²) in [6, 6.07) is 9.83. The van der Waals surface area contributed by atoms with Crippen LogP contribution in [0, 0.1) is 5.82 Å². The van der Waals surface area contributed by atoms with Gasteiger partial charge in [-0.25, -0.2) is 4.39 Å². The molecule has 1 N–H and O–H groups in total. The van der Waals surface area contributed by atoms with Gasteiger partial charge in [0.15, 0.2) is 0 Å². The molecule has 2 aliphatic heterocycles. The van der Waals surface area contributed by atoms with Crippen LogP contribution >= 0.6 is 0 Å². The summed E-state index contributed by atoms with van der Waals surface area (Å²) in [6.45, 7) is 0. The van der Waals surface area contributed by atoms with Crippen molar-refractivity contribution in [2.24, 2.45) is 0 Å². The molecule has 0 unspecified atom stereocenters. The molecule has 2 saturated heterocycles. The van der Waals surface area contributed by atoms with E-state index in [1.807, 2.05) is 11.0 Å². The topological polar surface area (TPSA) is 62.3 Å². The fraction of sp³-hybridized carbons (Fsp3) is 0.409. The van der Waals surface area contributed by atoms with Gasteiger partial charge in [0, 0.05) is 24.9 Å². The minimum Gasteiger partial charge on any atom is -0.351 e. The van der Waals surface area contributed by atoms with E-state index in [1.54, 1.807) is 30.6 Å². The van der Waals surface area contributed by atoms with Crippen LogP contribution in [0.4, 0.5) is 4.39 Å². The zero-order valence-corrected chi connectivity index (χ0v) is 15.7. The van der Waals surface area contributed by atoms with E-state index in [0.717, 1.165) is 24.8 Å². The van der Waals surface area contributed by atoms with Crippen LogP contribution in [0.15, 0.2) is 48.8 Å². The zero-order valence-electron chi connectivity index (χ0n) is 15.7. The largest absolute Gasteiger partial charge is 0.351 e. The summed E-state index contributed by atoms with van der Waals surface area (Å²) in [7, 11) is 0. The monoisotopic (exact) mass is 381 g/mol. The molecule has 4 rings (SSSR count). The number of likely N-dealkylation sites (tertiary alicyclic amines) is 1. The fourth-order valence-electron chi connectivity index (χ4n) is 4.51. The Morgan fingerprint density at radius 1 is 1.25 bits per heavy atom. The van der Waals surface area contributed by atoms with Crippen LogP contribution < -0.4 is 5.32 Å². The first kappa shape index (κ1) is 18.6. The Morgan fingerprint density at radius 3 is 2.93 bits per heavy atom. The molecule has 5 nitrogen and oxygen atoms in total. The number of pyridine rings is 1. The predicted octanol–water partition coefficient (Wildman–Crippen LogP) is 3.11. The molecular weight excluding hydrogens is 357 g/mol. The van der Waals surface area contributed by atoms with Crippen LogP contribution in [0.5, 0.6) is 0 Å². The average Bonchev–Trinajstić information content (AvgIpc) is 2.99. The van der Waals surface area contributed by atoms with Crippen molar-refractivity contribution in [3.8, 4) is 0 Å². The SMILES string of the molecule is O=C1CCCC[C@@H]2[C@H](C[C@@H](Cc3cccc(F)c3)N2C(=O)c2cccnc2)N1. The van der Waals surface area contributed by atoms with Crippen LogP contribution in [-0.4, -0.2) is 39.8 Å². The van der Waals surface area contributed by atoms with Gasteiger partial charge < -0.3 is 10.2 Å². The van der Waals surface area contributed by atoms with E-state index in [9.17, 15) is 14.0 Å². The fourth-order valence-corrected chi connectivity index (χ4v) is 4.51. The van der Waals surface area contributed by atoms with Crippen LogP contribution in [0.25, 0.3) is 0 Å². The summed E-state index contributed by atoms with van der Waals surface area (Å²) >= 11 is 0. The second-order valence-corrected chi connectivity index (χ2v) is 7.66. The summed E-state index contributed by atoms with van der Waals surface area (Å²) in [6.07, 6.45) is 7.60. The standard InChI is InChI=1S/C22H24FN3O2/c23-17-7-3-5-15(11-17)12-18-13-19-20(8-1-2-9-21(27)25-19)26(18)22(28)16-6-4-10-24-14-16/h3-7,10-11,14,18-20H,1-2,8-9,12-13H2,(H,25,27)/t18-,19+,20-/m1/s1. The molecule has 146 valence electrons. The number of nitrogens with zero attached hydrogens (tertiary/aromatic N) is 2. The Hall–Kier alpha value is -2.76. The number of amides is 2. The van der Waals surface area contributed by atoms with Gasteiger partial charge in [-0.2, -0.15) is 0 Å². The maximum atomic E-state index is 13.7. The van der Waals surface area contributed by atoms with E-state index in [2.05, 4.69) is 10.3 Å². The molecule has 2 aromatic rings. The highest BCUT2D eigenvalue weighted by molar-refractivity contribution is 5.94. The molecule has 1 aromatic carbocycles. The van der Waals surface area contributed by atoms with E-state index < -0.39 is 0 Å². The highest BCUT2D eigenvalue weighted by atomic mass is 19.1. The minimum atomic E-state index is -0.278. The van der Waals surface area contributed by atoms with Gasteiger partial charge in [-0.1, -0.05) is 18.6 Å². The normalized spacial score (nSPS) is 24.8. The number of benzene rings is 1. The van der Waals surface area contributed by atoms with Gasteiger partial charge in [0.05, 0.1) is 17.6 Å². The third-order valence-electron chi connectivity index (χ3n) is 5.74. The van der Waals surface area contributed by atoms with Crippen molar-refractivity contribution in [2.75, 3.05) is 0 Å². The lowest BCUT2D eigenvalue weighted by Gasteiger charge is -2.33. The maximum absolute atomic E-state index is 13.7. The molecule has 0 saturated carbocycles. The molecule has 2 aliphatic rings. The molecule has 0 radical (unpaired) electrons.